The molecule has 0 radical (unpaired) electrons. The molecule has 0 amide bonds. The van der Waals surface area contributed by atoms with Crippen LogP contribution in [-0.4, -0.2) is 41.7 Å². The summed E-state index contributed by atoms with van der Waals surface area (Å²) in [6.45, 7) is 7.10. The Morgan fingerprint density at radius 1 is 0.960 bits per heavy atom. The first kappa shape index (κ1) is 19.2. The van der Waals surface area contributed by atoms with E-state index in [4.69, 9.17) is 4.74 Å². The largest absolute Gasteiger partial charge is 0.462 e. The van der Waals surface area contributed by atoms with Gasteiger partial charge < -0.3 is 9.84 Å². The summed E-state index contributed by atoms with van der Waals surface area (Å²) in [5.41, 5.74) is -0.838. The number of carbonyl (C=O) groups is 1. The first-order valence-electron chi connectivity index (χ1n) is 8.48. The van der Waals surface area contributed by atoms with Gasteiger partial charge in [0.2, 0.25) is 5.60 Å². The van der Waals surface area contributed by atoms with Crippen molar-refractivity contribution in [3.8, 4) is 0 Å². The average Bonchev–Trinajstić information content (AvgIpc) is 2.61. The lowest BCUT2D eigenvalue weighted by Crippen LogP contribution is -2.42. The van der Waals surface area contributed by atoms with E-state index in [-0.39, 0.29) is 12.1 Å². The van der Waals surface area contributed by atoms with E-state index in [0.29, 0.717) is 17.7 Å². The fourth-order valence-corrected chi connectivity index (χ4v) is 2.48. The lowest BCUT2D eigenvalue weighted by atomic mass is 9.86. The molecule has 134 valence electrons. The molecule has 2 rings (SSSR count). The monoisotopic (exact) mass is 341 g/mol. The minimum atomic E-state index is -1.82. The summed E-state index contributed by atoms with van der Waals surface area (Å²) in [6, 6.07) is 17.8. The van der Waals surface area contributed by atoms with Crippen LogP contribution in [0.2, 0.25) is 0 Å². The van der Waals surface area contributed by atoms with Crippen LogP contribution < -0.4 is 0 Å². The normalized spacial score (nSPS) is 12.2. The van der Waals surface area contributed by atoms with E-state index >= 15 is 0 Å². The molecule has 0 bridgehead atoms. The zero-order chi connectivity index (χ0) is 18.5. The van der Waals surface area contributed by atoms with Crippen LogP contribution in [-0.2, 0) is 15.1 Å². The van der Waals surface area contributed by atoms with Crippen molar-refractivity contribution in [2.45, 2.75) is 31.9 Å². The summed E-state index contributed by atoms with van der Waals surface area (Å²) >= 11 is 0. The van der Waals surface area contributed by atoms with Crippen molar-refractivity contribution in [3.05, 3.63) is 71.8 Å². The van der Waals surface area contributed by atoms with Crippen molar-refractivity contribution in [2.75, 3.05) is 20.2 Å². The molecule has 0 aromatic heterocycles. The highest BCUT2D eigenvalue weighted by molar-refractivity contribution is 5.85. The number of rotatable bonds is 6. The zero-order valence-electron chi connectivity index (χ0n) is 15.4. The standard InChI is InChI=1S/C21H27NO3/c1-20(2,3)22(4)15-16-25-19(23)21(24,17-11-7-5-8-12-17)18-13-9-6-10-14-18/h5-14,24H,15-16H2,1-4H3. The maximum absolute atomic E-state index is 12.8. The number of esters is 1. The number of nitrogens with zero attached hydrogens (tertiary/aromatic N) is 1. The van der Waals surface area contributed by atoms with Crippen LogP contribution in [0.1, 0.15) is 31.9 Å². The summed E-state index contributed by atoms with van der Waals surface area (Å²) in [5.74, 6) is -0.660. The molecule has 0 spiro atoms. The van der Waals surface area contributed by atoms with Gasteiger partial charge in [-0.15, -0.1) is 0 Å². The average molecular weight is 341 g/mol. The number of ether oxygens (including phenoxy) is 1. The van der Waals surface area contributed by atoms with Gasteiger partial charge in [0.25, 0.3) is 0 Å². The fraction of sp³-hybridized carbons (Fsp3) is 0.381. The van der Waals surface area contributed by atoms with Crippen LogP contribution in [0.5, 0.6) is 0 Å². The number of hydrogen-bond donors (Lipinski definition) is 1. The highest BCUT2D eigenvalue weighted by Gasteiger charge is 2.41. The van der Waals surface area contributed by atoms with Crippen molar-refractivity contribution in [1.29, 1.82) is 0 Å². The van der Waals surface area contributed by atoms with Crippen LogP contribution >= 0.6 is 0 Å². The van der Waals surface area contributed by atoms with E-state index in [1.54, 1.807) is 48.5 Å². The predicted molar refractivity (Wildman–Crippen MR) is 99.2 cm³/mol. The molecule has 0 heterocycles. The maximum Gasteiger partial charge on any atom is 0.347 e. The van der Waals surface area contributed by atoms with Gasteiger partial charge in [0.1, 0.15) is 6.61 Å². The van der Waals surface area contributed by atoms with E-state index in [0.717, 1.165) is 0 Å². The second-order valence-electron chi connectivity index (χ2n) is 7.17. The molecule has 0 aliphatic heterocycles. The van der Waals surface area contributed by atoms with Gasteiger partial charge in [0.05, 0.1) is 0 Å². The van der Waals surface area contributed by atoms with Crippen LogP contribution in [0, 0.1) is 0 Å². The minimum absolute atomic E-state index is 0.0123. The third kappa shape index (κ3) is 4.47. The second kappa shape index (κ2) is 7.81. The van der Waals surface area contributed by atoms with Gasteiger partial charge in [0, 0.05) is 12.1 Å². The van der Waals surface area contributed by atoms with E-state index < -0.39 is 11.6 Å². The quantitative estimate of drug-likeness (QED) is 0.820. The van der Waals surface area contributed by atoms with Gasteiger partial charge in [-0.3, -0.25) is 4.90 Å². The van der Waals surface area contributed by atoms with Gasteiger partial charge in [-0.25, -0.2) is 4.79 Å². The van der Waals surface area contributed by atoms with E-state index in [2.05, 4.69) is 25.7 Å². The Bertz CT molecular complexity index is 638. The van der Waals surface area contributed by atoms with Gasteiger partial charge in [-0.1, -0.05) is 60.7 Å². The van der Waals surface area contributed by atoms with Crippen molar-refractivity contribution >= 4 is 5.97 Å². The number of likely N-dealkylation sites (N-methyl/N-ethyl adjacent to an activating group) is 1. The molecule has 4 heteroatoms. The smallest absolute Gasteiger partial charge is 0.347 e. The molecule has 2 aromatic rings. The molecule has 0 saturated carbocycles. The van der Waals surface area contributed by atoms with Crippen molar-refractivity contribution in [2.24, 2.45) is 0 Å². The summed E-state index contributed by atoms with van der Waals surface area (Å²) in [5, 5.41) is 11.3. The highest BCUT2D eigenvalue weighted by Crippen LogP contribution is 2.31. The minimum Gasteiger partial charge on any atom is -0.462 e. The molecule has 0 aliphatic carbocycles. The Labute approximate surface area is 150 Å². The lowest BCUT2D eigenvalue weighted by molar-refractivity contribution is -0.162. The Kier molecular flexibility index (Phi) is 5.98. The van der Waals surface area contributed by atoms with Crippen molar-refractivity contribution in [3.63, 3.8) is 0 Å². The number of carbonyl (C=O) groups excluding carboxylic acids is 1. The Hall–Kier alpha value is -2.17. The predicted octanol–water partition coefficient (Wildman–Crippen LogP) is 3.20. The third-order valence-electron chi connectivity index (χ3n) is 4.48. The molecule has 1 N–H and O–H groups in total. The molecule has 0 saturated heterocycles. The van der Waals surface area contributed by atoms with Crippen LogP contribution in [0.4, 0.5) is 0 Å². The van der Waals surface area contributed by atoms with Crippen molar-refractivity contribution < 1.29 is 14.6 Å². The van der Waals surface area contributed by atoms with Crippen LogP contribution in [0.25, 0.3) is 0 Å². The molecular formula is C21H27NO3. The molecule has 0 fully saturated rings. The van der Waals surface area contributed by atoms with Gasteiger partial charge in [-0.2, -0.15) is 0 Å². The zero-order valence-corrected chi connectivity index (χ0v) is 15.4. The fourth-order valence-electron chi connectivity index (χ4n) is 2.48. The Morgan fingerprint density at radius 3 is 1.80 bits per heavy atom. The van der Waals surface area contributed by atoms with E-state index in [9.17, 15) is 9.90 Å². The topological polar surface area (TPSA) is 49.8 Å². The molecule has 2 aromatic carbocycles. The lowest BCUT2D eigenvalue weighted by Gasteiger charge is -2.32. The molecular weight excluding hydrogens is 314 g/mol. The van der Waals surface area contributed by atoms with Crippen molar-refractivity contribution in [1.82, 2.24) is 4.90 Å². The van der Waals surface area contributed by atoms with Gasteiger partial charge >= 0.3 is 5.97 Å². The van der Waals surface area contributed by atoms with Crippen LogP contribution in [0.3, 0.4) is 0 Å². The second-order valence-corrected chi connectivity index (χ2v) is 7.17. The molecule has 0 unspecified atom stereocenters. The summed E-state index contributed by atoms with van der Waals surface area (Å²) in [4.78, 5) is 14.9. The summed E-state index contributed by atoms with van der Waals surface area (Å²) in [7, 11) is 1.98. The van der Waals surface area contributed by atoms with Crippen LogP contribution in [0.15, 0.2) is 60.7 Å². The van der Waals surface area contributed by atoms with E-state index in [1.807, 2.05) is 19.2 Å². The first-order valence-corrected chi connectivity index (χ1v) is 8.48. The number of hydrogen-bond acceptors (Lipinski definition) is 4. The first-order chi connectivity index (χ1) is 11.8. The summed E-state index contributed by atoms with van der Waals surface area (Å²) < 4.78 is 5.45. The molecule has 0 aliphatic rings. The highest BCUT2D eigenvalue weighted by atomic mass is 16.5. The Morgan fingerprint density at radius 2 is 1.40 bits per heavy atom. The third-order valence-corrected chi connectivity index (χ3v) is 4.48. The Balaban J connectivity index is 2.21. The summed E-state index contributed by atoms with van der Waals surface area (Å²) in [6.07, 6.45) is 0. The van der Waals surface area contributed by atoms with Gasteiger partial charge in [-0.05, 0) is 38.9 Å². The molecule has 0 atom stereocenters. The molecule has 25 heavy (non-hydrogen) atoms. The molecule has 4 nitrogen and oxygen atoms in total. The SMILES string of the molecule is CN(CCOC(=O)C(O)(c1ccccc1)c1ccccc1)C(C)(C)C. The maximum atomic E-state index is 12.8. The van der Waals surface area contributed by atoms with Gasteiger partial charge in [0.15, 0.2) is 0 Å². The van der Waals surface area contributed by atoms with E-state index in [1.165, 1.54) is 0 Å². The number of benzene rings is 2. The number of aliphatic hydroxyl groups is 1.